The molecule has 0 aliphatic carbocycles. The Hall–Kier alpha value is -0.570. The third-order valence-electron chi connectivity index (χ3n) is 1.93. The molecule has 13 heavy (non-hydrogen) atoms. The van der Waals surface area contributed by atoms with Crippen LogP contribution in [-0.4, -0.2) is 18.9 Å². The number of nitrogens with zero attached hydrogens (tertiary/aromatic N) is 1. The highest BCUT2D eigenvalue weighted by molar-refractivity contribution is 6.42. The van der Waals surface area contributed by atoms with Crippen LogP contribution >= 0.6 is 23.2 Å². The molecule has 0 unspecified atom stereocenters. The van der Waals surface area contributed by atoms with Gasteiger partial charge in [0.1, 0.15) is 0 Å². The van der Waals surface area contributed by atoms with Gasteiger partial charge in [-0.2, -0.15) is 0 Å². The molecule has 0 radical (unpaired) electrons. The van der Waals surface area contributed by atoms with Crippen LogP contribution in [0, 0.1) is 0 Å². The number of hydrogen-bond acceptors (Lipinski definition) is 2. The third kappa shape index (κ3) is 1.85. The number of rotatable bonds is 1. The van der Waals surface area contributed by atoms with Gasteiger partial charge in [-0.15, -0.1) is 0 Å². The Morgan fingerprint density at radius 1 is 1.23 bits per heavy atom. The van der Waals surface area contributed by atoms with E-state index >= 15 is 0 Å². The lowest BCUT2D eigenvalue weighted by atomic mass is 10.1. The average molecular weight is 215 g/mol. The lowest BCUT2D eigenvalue weighted by Crippen LogP contribution is -2.13. The molecular weight excluding hydrogens is 207 g/mol. The van der Waals surface area contributed by atoms with Crippen molar-refractivity contribution < 1.29 is 0 Å². The number of hydrogen-bond donors (Lipinski definition) is 1. The molecule has 0 spiro atoms. The predicted octanol–water partition coefficient (Wildman–Crippen LogP) is 2.34. The van der Waals surface area contributed by atoms with Crippen molar-refractivity contribution in [2.24, 2.45) is 4.99 Å². The third-order valence-corrected chi connectivity index (χ3v) is 2.67. The summed E-state index contributed by atoms with van der Waals surface area (Å²) in [5.41, 5.74) is 2.08. The minimum atomic E-state index is 0.578. The molecule has 0 saturated heterocycles. The molecular formula is C9H8Cl2N2. The molecule has 2 nitrogen and oxygen atoms in total. The second-order valence-electron chi connectivity index (χ2n) is 2.82. The fourth-order valence-electron chi connectivity index (χ4n) is 1.25. The molecule has 68 valence electrons. The topological polar surface area (TPSA) is 24.4 Å². The summed E-state index contributed by atoms with van der Waals surface area (Å²) in [4.78, 5) is 4.28. The van der Waals surface area contributed by atoms with Gasteiger partial charge in [-0.05, 0) is 17.7 Å². The number of aliphatic imine (C=N–C) groups is 1. The smallest absolute Gasteiger partial charge is 0.0891 e. The molecule has 1 aromatic rings. The normalized spacial score (nSPS) is 16.0. The summed E-state index contributed by atoms with van der Waals surface area (Å²) < 4.78 is 0. The fraction of sp³-hybridized carbons (Fsp3) is 0.222. The zero-order valence-corrected chi connectivity index (χ0v) is 8.36. The number of nitrogens with one attached hydrogen (secondary N) is 1. The van der Waals surface area contributed by atoms with E-state index in [2.05, 4.69) is 10.3 Å². The first-order valence-corrected chi connectivity index (χ1v) is 4.72. The molecule has 0 fully saturated rings. The van der Waals surface area contributed by atoms with E-state index in [-0.39, 0.29) is 0 Å². The van der Waals surface area contributed by atoms with Crippen molar-refractivity contribution in [3.05, 3.63) is 33.8 Å². The first kappa shape index (κ1) is 9.00. The monoisotopic (exact) mass is 214 g/mol. The van der Waals surface area contributed by atoms with Crippen LogP contribution in [0.3, 0.4) is 0 Å². The molecule has 1 N–H and O–H groups in total. The molecule has 0 saturated carbocycles. The van der Waals surface area contributed by atoms with Crippen molar-refractivity contribution in [3.63, 3.8) is 0 Å². The molecule has 0 bridgehead atoms. The van der Waals surface area contributed by atoms with Crippen molar-refractivity contribution >= 4 is 28.9 Å². The number of benzene rings is 1. The lowest BCUT2D eigenvalue weighted by Gasteiger charge is -2.01. The van der Waals surface area contributed by atoms with Crippen LogP contribution in [0.1, 0.15) is 5.56 Å². The first-order chi connectivity index (χ1) is 6.27. The van der Waals surface area contributed by atoms with Crippen molar-refractivity contribution in [2.75, 3.05) is 13.2 Å². The Balaban J connectivity index is 2.36. The highest BCUT2D eigenvalue weighted by Gasteiger charge is 2.09. The Morgan fingerprint density at radius 2 is 2.08 bits per heavy atom. The Labute approximate surface area is 86.6 Å². The van der Waals surface area contributed by atoms with Gasteiger partial charge in [-0.1, -0.05) is 29.3 Å². The Morgan fingerprint density at radius 3 is 2.69 bits per heavy atom. The minimum Gasteiger partial charge on any atom is -0.293 e. The molecule has 1 aliphatic heterocycles. The second kappa shape index (κ2) is 3.66. The van der Waals surface area contributed by atoms with Gasteiger partial charge >= 0.3 is 0 Å². The van der Waals surface area contributed by atoms with Crippen LogP contribution < -0.4 is 5.32 Å². The summed E-state index contributed by atoms with van der Waals surface area (Å²) >= 11 is 11.7. The van der Waals surface area contributed by atoms with Gasteiger partial charge in [-0.25, -0.2) is 0 Å². The largest absolute Gasteiger partial charge is 0.293 e. The van der Waals surface area contributed by atoms with E-state index in [1.165, 1.54) is 0 Å². The van der Waals surface area contributed by atoms with Gasteiger partial charge in [0.15, 0.2) is 0 Å². The highest BCUT2D eigenvalue weighted by Crippen LogP contribution is 2.23. The van der Waals surface area contributed by atoms with E-state index in [9.17, 15) is 0 Å². The highest BCUT2D eigenvalue weighted by atomic mass is 35.5. The molecule has 1 aliphatic rings. The van der Waals surface area contributed by atoms with E-state index in [4.69, 9.17) is 23.2 Å². The lowest BCUT2D eigenvalue weighted by molar-refractivity contribution is 0.850. The van der Waals surface area contributed by atoms with Crippen molar-refractivity contribution in [1.82, 2.24) is 5.32 Å². The van der Waals surface area contributed by atoms with Crippen LogP contribution in [0.15, 0.2) is 23.2 Å². The number of halogens is 2. The van der Waals surface area contributed by atoms with Crippen LogP contribution in [0.4, 0.5) is 0 Å². The van der Waals surface area contributed by atoms with Gasteiger partial charge in [0.2, 0.25) is 0 Å². The van der Waals surface area contributed by atoms with Gasteiger partial charge in [0.25, 0.3) is 0 Å². The second-order valence-corrected chi connectivity index (χ2v) is 3.63. The molecule has 2 rings (SSSR count). The van der Waals surface area contributed by atoms with Crippen LogP contribution in [0.25, 0.3) is 0 Å². The SMILES string of the molecule is Clc1ccc(C2=NCNC2)cc1Cl. The molecule has 0 aromatic heterocycles. The standard InChI is InChI=1S/C9H8Cl2N2/c10-7-2-1-6(3-8(7)11)9-4-12-5-13-9/h1-3,12H,4-5H2. The van der Waals surface area contributed by atoms with Crippen molar-refractivity contribution in [3.8, 4) is 0 Å². The van der Waals surface area contributed by atoms with Crippen LogP contribution in [-0.2, 0) is 0 Å². The van der Waals surface area contributed by atoms with E-state index < -0.39 is 0 Å². The maximum atomic E-state index is 5.88. The first-order valence-electron chi connectivity index (χ1n) is 3.97. The maximum absolute atomic E-state index is 5.88. The van der Waals surface area contributed by atoms with Gasteiger partial charge < -0.3 is 0 Å². The van der Waals surface area contributed by atoms with E-state index in [1.54, 1.807) is 6.07 Å². The molecule has 0 amide bonds. The average Bonchev–Trinajstić information content (AvgIpc) is 2.62. The summed E-state index contributed by atoms with van der Waals surface area (Å²) in [7, 11) is 0. The minimum absolute atomic E-state index is 0.578. The summed E-state index contributed by atoms with van der Waals surface area (Å²) in [6.07, 6.45) is 0. The molecule has 0 atom stereocenters. The van der Waals surface area contributed by atoms with Gasteiger partial charge in [0.05, 0.1) is 22.4 Å². The Kier molecular flexibility index (Phi) is 2.54. The zero-order chi connectivity index (χ0) is 9.26. The predicted molar refractivity (Wildman–Crippen MR) is 55.9 cm³/mol. The van der Waals surface area contributed by atoms with Gasteiger partial charge in [0, 0.05) is 6.54 Å². The summed E-state index contributed by atoms with van der Waals surface area (Å²) in [6, 6.07) is 5.57. The fourth-order valence-corrected chi connectivity index (χ4v) is 1.55. The summed E-state index contributed by atoms with van der Waals surface area (Å²) in [6.45, 7) is 1.49. The maximum Gasteiger partial charge on any atom is 0.0891 e. The molecule has 1 aromatic carbocycles. The van der Waals surface area contributed by atoms with Crippen molar-refractivity contribution in [1.29, 1.82) is 0 Å². The Bertz CT molecular complexity index is 361. The van der Waals surface area contributed by atoms with E-state index in [0.717, 1.165) is 17.8 Å². The van der Waals surface area contributed by atoms with Crippen LogP contribution in [0.5, 0.6) is 0 Å². The van der Waals surface area contributed by atoms with Gasteiger partial charge in [-0.3, -0.25) is 10.3 Å². The van der Waals surface area contributed by atoms with E-state index in [1.807, 2.05) is 12.1 Å². The van der Waals surface area contributed by atoms with Crippen LogP contribution in [0.2, 0.25) is 10.0 Å². The summed E-state index contributed by atoms with van der Waals surface area (Å²) in [5.74, 6) is 0. The molecule has 4 heteroatoms. The zero-order valence-electron chi connectivity index (χ0n) is 6.85. The van der Waals surface area contributed by atoms with Crippen molar-refractivity contribution in [2.45, 2.75) is 0 Å². The van der Waals surface area contributed by atoms with E-state index in [0.29, 0.717) is 16.7 Å². The quantitative estimate of drug-likeness (QED) is 0.763. The summed E-state index contributed by atoms with van der Waals surface area (Å²) in [5, 5.41) is 4.28. The molecule has 1 heterocycles.